The van der Waals surface area contributed by atoms with Crippen LogP contribution < -0.4 is 4.90 Å². The van der Waals surface area contributed by atoms with Gasteiger partial charge < -0.3 is 9.32 Å². The number of anilines is 3. The number of fused-ring (bicyclic) bond motifs is 6. The van der Waals surface area contributed by atoms with E-state index in [0.29, 0.717) is 5.92 Å². The van der Waals surface area contributed by atoms with Crippen LogP contribution in [0.4, 0.5) is 17.1 Å². The molecule has 0 radical (unpaired) electrons. The molecule has 0 saturated heterocycles. The molecule has 0 fully saturated rings. The zero-order valence-electron chi connectivity index (χ0n) is 26.7. The molecule has 0 N–H and O–H groups in total. The SMILES string of the molecule is CC1(C)c2ccccc2-c2ccc(N(c3ccc(-c4cccc5c4oc4ccccc45)cc3)c3ccc(C4C=CC=CC4)cc3)cc21. The first kappa shape index (κ1) is 27.7. The predicted molar refractivity (Wildman–Crippen MR) is 197 cm³/mol. The Morgan fingerprint density at radius 2 is 1.28 bits per heavy atom. The van der Waals surface area contributed by atoms with Crippen LogP contribution in [0.1, 0.15) is 42.9 Å². The van der Waals surface area contributed by atoms with Gasteiger partial charge in [-0.25, -0.2) is 0 Å². The van der Waals surface area contributed by atoms with E-state index in [4.69, 9.17) is 4.42 Å². The van der Waals surface area contributed by atoms with E-state index in [1.807, 2.05) is 12.1 Å². The number of hydrogen-bond acceptors (Lipinski definition) is 2. The minimum absolute atomic E-state index is 0.0760. The summed E-state index contributed by atoms with van der Waals surface area (Å²) >= 11 is 0. The highest BCUT2D eigenvalue weighted by molar-refractivity contribution is 6.09. The molecule has 2 aliphatic carbocycles. The van der Waals surface area contributed by atoms with Gasteiger partial charge >= 0.3 is 0 Å². The van der Waals surface area contributed by atoms with Crippen molar-refractivity contribution in [3.05, 3.63) is 174 Å². The molecule has 0 bridgehead atoms. The van der Waals surface area contributed by atoms with Gasteiger partial charge in [-0.05, 0) is 82.3 Å². The van der Waals surface area contributed by atoms with Crippen molar-refractivity contribution >= 4 is 39.0 Å². The van der Waals surface area contributed by atoms with Crippen LogP contribution in [0.2, 0.25) is 0 Å². The molecule has 0 saturated carbocycles. The average Bonchev–Trinajstić information content (AvgIpc) is 3.62. The van der Waals surface area contributed by atoms with E-state index >= 15 is 0 Å². The monoisotopic (exact) mass is 605 g/mol. The molecule has 47 heavy (non-hydrogen) atoms. The number of furan rings is 1. The Kier molecular flexibility index (Phi) is 6.33. The van der Waals surface area contributed by atoms with E-state index in [1.54, 1.807) is 0 Å². The van der Waals surface area contributed by atoms with E-state index in [9.17, 15) is 0 Å². The van der Waals surface area contributed by atoms with Crippen molar-refractivity contribution in [2.45, 2.75) is 31.6 Å². The van der Waals surface area contributed by atoms with Crippen LogP contribution in [0.15, 0.2) is 162 Å². The van der Waals surface area contributed by atoms with Crippen molar-refractivity contribution in [3.8, 4) is 22.3 Å². The molecule has 1 heterocycles. The summed E-state index contributed by atoms with van der Waals surface area (Å²) in [6.07, 6.45) is 9.89. The first-order valence-corrected chi connectivity index (χ1v) is 16.5. The Bertz CT molecular complexity index is 2350. The van der Waals surface area contributed by atoms with Gasteiger partial charge in [-0.2, -0.15) is 0 Å². The van der Waals surface area contributed by atoms with Gasteiger partial charge in [0.25, 0.3) is 0 Å². The summed E-state index contributed by atoms with van der Waals surface area (Å²) in [5.74, 6) is 0.419. The third-order valence-corrected chi connectivity index (χ3v) is 10.2. The van der Waals surface area contributed by atoms with Crippen molar-refractivity contribution < 1.29 is 4.42 Å². The van der Waals surface area contributed by atoms with E-state index in [1.165, 1.54) is 27.8 Å². The van der Waals surface area contributed by atoms with Gasteiger partial charge in [-0.3, -0.25) is 0 Å². The maximum Gasteiger partial charge on any atom is 0.143 e. The van der Waals surface area contributed by atoms with Gasteiger partial charge in [-0.1, -0.05) is 129 Å². The van der Waals surface area contributed by atoms with Crippen molar-refractivity contribution in [3.63, 3.8) is 0 Å². The van der Waals surface area contributed by atoms with E-state index in [-0.39, 0.29) is 5.41 Å². The number of hydrogen-bond donors (Lipinski definition) is 0. The molecule has 0 spiro atoms. The molecule has 1 unspecified atom stereocenters. The van der Waals surface area contributed by atoms with Crippen molar-refractivity contribution in [2.75, 3.05) is 4.90 Å². The molecular weight excluding hydrogens is 571 g/mol. The van der Waals surface area contributed by atoms with Crippen LogP contribution in [-0.2, 0) is 5.41 Å². The molecule has 9 rings (SSSR count). The Hall–Kier alpha value is -5.60. The molecule has 1 aromatic heterocycles. The lowest BCUT2D eigenvalue weighted by Gasteiger charge is -2.28. The summed E-state index contributed by atoms with van der Waals surface area (Å²) < 4.78 is 6.38. The summed E-state index contributed by atoms with van der Waals surface area (Å²) in [7, 11) is 0. The fourth-order valence-electron chi connectivity index (χ4n) is 7.74. The minimum Gasteiger partial charge on any atom is -0.455 e. The van der Waals surface area contributed by atoms with Crippen LogP contribution in [0, 0.1) is 0 Å². The number of nitrogens with zero attached hydrogens (tertiary/aromatic N) is 1. The normalized spacial score (nSPS) is 16.0. The highest BCUT2D eigenvalue weighted by Gasteiger charge is 2.35. The van der Waals surface area contributed by atoms with Crippen LogP contribution >= 0.6 is 0 Å². The number of rotatable bonds is 5. The fourth-order valence-corrected chi connectivity index (χ4v) is 7.74. The van der Waals surface area contributed by atoms with Crippen molar-refractivity contribution in [2.24, 2.45) is 0 Å². The van der Waals surface area contributed by atoms with Gasteiger partial charge in [0.1, 0.15) is 11.2 Å². The van der Waals surface area contributed by atoms with E-state index < -0.39 is 0 Å². The molecule has 226 valence electrons. The van der Waals surface area contributed by atoms with Crippen LogP contribution in [-0.4, -0.2) is 0 Å². The Labute approximate surface area is 275 Å². The molecule has 2 aliphatic rings. The molecule has 7 aromatic rings. The Morgan fingerprint density at radius 3 is 2.09 bits per heavy atom. The molecule has 0 amide bonds. The summed E-state index contributed by atoms with van der Waals surface area (Å²) in [5, 5.41) is 2.30. The summed E-state index contributed by atoms with van der Waals surface area (Å²) in [4.78, 5) is 2.39. The first-order valence-electron chi connectivity index (χ1n) is 16.5. The lowest BCUT2D eigenvalue weighted by molar-refractivity contribution is 0.660. The standard InChI is InChI=1S/C45H35NO/c1-45(2)41-17-8-6-13-37(41)38-28-27-35(29-42(38)45)46(33-23-19-31(20-24-33)30-11-4-3-5-12-30)34-25-21-32(22-26-34)36-15-10-16-40-39-14-7-9-18-43(39)47-44(36)40/h3-11,13-30H,12H2,1-2H3. The van der Waals surface area contributed by atoms with Gasteiger partial charge in [0.15, 0.2) is 0 Å². The van der Waals surface area contributed by atoms with Gasteiger partial charge in [-0.15, -0.1) is 0 Å². The van der Waals surface area contributed by atoms with E-state index in [0.717, 1.165) is 56.5 Å². The van der Waals surface area contributed by atoms with Gasteiger partial charge in [0.05, 0.1) is 0 Å². The predicted octanol–water partition coefficient (Wildman–Crippen LogP) is 12.6. The molecule has 2 nitrogen and oxygen atoms in total. The molecule has 1 atom stereocenters. The largest absolute Gasteiger partial charge is 0.455 e. The Balaban J connectivity index is 1.15. The average molecular weight is 606 g/mol. The smallest absolute Gasteiger partial charge is 0.143 e. The maximum atomic E-state index is 6.38. The minimum atomic E-state index is -0.0760. The second-order valence-electron chi connectivity index (χ2n) is 13.3. The zero-order chi connectivity index (χ0) is 31.5. The van der Waals surface area contributed by atoms with Gasteiger partial charge in [0, 0.05) is 44.7 Å². The highest BCUT2D eigenvalue weighted by Crippen LogP contribution is 2.50. The summed E-state index contributed by atoms with van der Waals surface area (Å²) in [6, 6.07) is 48.6. The number of para-hydroxylation sites is 2. The third kappa shape index (κ3) is 4.47. The Morgan fingerprint density at radius 1 is 0.596 bits per heavy atom. The summed E-state index contributed by atoms with van der Waals surface area (Å²) in [6.45, 7) is 4.69. The van der Waals surface area contributed by atoms with Crippen LogP contribution in [0.5, 0.6) is 0 Å². The van der Waals surface area contributed by atoms with Crippen LogP contribution in [0.3, 0.4) is 0 Å². The third-order valence-electron chi connectivity index (χ3n) is 10.2. The first-order chi connectivity index (χ1) is 23.1. The highest BCUT2D eigenvalue weighted by atomic mass is 16.3. The zero-order valence-corrected chi connectivity index (χ0v) is 26.7. The molecule has 6 aromatic carbocycles. The molecule has 2 heteroatoms. The quantitative estimate of drug-likeness (QED) is 0.194. The van der Waals surface area contributed by atoms with Gasteiger partial charge in [0.2, 0.25) is 0 Å². The number of allylic oxidation sites excluding steroid dienone is 4. The molecule has 0 aliphatic heterocycles. The van der Waals surface area contributed by atoms with Crippen molar-refractivity contribution in [1.29, 1.82) is 0 Å². The molecular formula is C45H35NO. The number of benzene rings is 6. The second kappa shape index (κ2) is 10.7. The van der Waals surface area contributed by atoms with Crippen LogP contribution in [0.25, 0.3) is 44.2 Å². The second-order valence-corrected chi connectivity index (χ2v) is 13.3. The van der Waals surface area contributed by atoms with E-state index in [2.05, 4.69) is 164 Å². The topological polar surface area (TPSA) is 16.4 Å². The maximum absolute atomic E-state index is 6.38. The fraction of sp³-hybridized carbons (Fsp3) is 0.111. The lowest BCUT2D eigenvalue weighted by atomic mass is 9.82. The lowest BCUT2D eigenvalue weighted by Crippen LogP contribution is -2.16. The van der Waals surface area contributed by atoms with Crippen molar-refractivity contribution in [1.82, 2.24) is 0 Å². The summed E-state index contributed by atoms with van der Waals surface area (Å²) in [5.41, 5.74) is 14.2.